The SMILES string of the molecule is CC(=O)CC=C1C(C)CCCC1(C)C. The van der Waals surface area contributed by atoms with Crippen molar-refractivity contribution < 1.29 is 4.79 Å². The molecule has 0 amide bonds. The van der Waals surface area contributed by atoms with E-state index in [1.807, 2.05) is 0 Å². The maximum absolute atomic E-state index is 11.0. The average Bonchev–Trinajstić information content (AvgIpc) is 2.01. The molecule has 0 spiro atoms. The fraction of sp³-hybridized carbons (Fsp3) is 0.769. The lowest BCUT2D eigenvalue weighted by molar-refractivity contribution is -0.116. The topological polar surface area (TPSA) is 17.1 Å². The molecule has 14 heavy (non-hydrogen) atoms. The van der Waals surface area contributed by atoms with Gasteiger partial charge in [-0.15, -0.1) is 0 Å². The Labute approximate surface area is 87.6 Å². The molecule has 0 N–H and O–H groups in total. The number of allylic oxidation sites excluding steroid dienone is 2. The lowest BCUT2D eigenvalue weighted by Gasteiger charge is -2.37. The second-order valence-corrected chi connectivity index (χ2v) is 5.24. The lowest BCUT2D eigenvalue weighted by Crippen LogP contribution is -2.25. The average molecular weight is 194 g/mol. The van der Waals surface area contributed by atoms with E-state index in [9.17, 15) is 4.79 Å². The van der Waals surface area contributed by atoms with Crippen molar-refractivity contribution in [3.63, 3.8) is 0 Å². The first-order valence-corrected chi connectivity index (χ1v) is 5.63. The van der Waals surface area contributed by atoms with E-state index >= 15 is 0 Å². The third-order valence-corrected chi connectivity index (χ3v) is 3.36. The highest BCUT2D eigenvalue weighted by Crippen LogP contribution is 2.43. The van der Waals surface area contributed by atoms with Gasteiger partial charge in [0.1, 0.15) is 5.78 Å². The summed E-state index contributed by atoms with van der Waals surface area (Å²) in [4.78, 5) is 11.0. The molecular formula is C13H22O. The van der Waals surface area contributed by atoms with Gasteiger partial charge in [-0.25, -0.2) is 0 Å². The summed E-state index contributed by atoms with van der Waals surface area (Å²) in [5.41, 5.74) is 1.81. The van der Waals surface area contributed by atoms with Crippen LogP contribution >= 0.6 is 0 Å². The van der Waals surface area contributed by atoms with E-state index in [1.165, 1.54) is 24.8 Å². The Morgan fingerprint density at radius 2 is 2.21 bits per heavy atom. The maximum atomic E-state index is 11.0. The molecule has 1 saturated carbocycles. The molecule has 1 rings (SSSR count). The predicted molar refractivity (Wildman–Crippen MR) is 60.2 cm³/mol. The van der Waals surface area contributed by atoms with Gasteiger partial charge >= 0.3 is 0 Å². The molecule has 0 aromatic carbocycles. The first-order valence-electron chi connectivity index (χ1n) is 5.63. The largest absolute Gasteiger partial charge is 0.300 e. The molecule has 1 nitrogen and oxygen atoms in total. The summed E-state index contributed by atoms with van der Waals surface area (Å²) in [6, 6.07) is 0. The van der Waals surface area contributed by atoms with Crippen molar-refractivity contribution in [2.75, 3.05) is 0 Å². The van der Waals surface area contributed by atoms with Crippen molar-refractivity contribution in [3.8, 4) is 0 Å². The zero-order chi connectivity index (χ0) is 10.8. The smallest absolute Gasteiger partial charge is 0.133 e. The molecule has 1 aliphatic rings. The Bertz CT molecular complexity index is 248. The third-order valence-electron chi connectivity index (χ3n) is 3.36. The van der Waals surface area contributed by atoms with Crippen molar-refractivity contribution in [1.82, 2.24) is 0 Å². The molecule has 0 aliphatic heterocycles. The molecule has 0 aromatic heterocycles. The van der Waals surface area contributed by atoms with Crippen molar-refractivity contribution in [3.05, 3.63) is 11.6 Å². The van der Waals surface area contributed by atoms with E-state index in [1.54, 1.807) is 6.92 Å². The number of carbonyl (C=O) groups excluding carboxylic acids is 1. The maximum Gasteiger partial charge on any atom is 0.133 e. The molecule has 0 saturated heterocycles. The second kappa shape index (κ2) is 4.29. The van der Waals surface area contributed by atoms with Gasteiger partial charge in [-0.1, -0.05) is 38.8 Å². The first kappa shape index (κ1) is 11.5. The van der Waals surface area contributed by atoms with Gasteiger partial charge in [-0.2, -0.15) is 0 Å². The zero-order valence-corrected chi connectivity index (χ0v) is 9.89. The van der Waals surface area contributed by atoms with Crippen molar-refractivity contribution in [2.45, 2.75) is 53.4 Å². The number of hydrogen-bond donors (Lipinski definition) is 0. The summed E-state index contributed by atoms with van der Waals surface area (Å²) in [6.45, 7) is 8.55. The van der Waals surface area contributed by atoms with Crippen molar-refractivity contribution >= 4 is 5.78 Å². The highest BCUT2D eigenvalue weighted by atomic mass is 16.1. The lowest BCUT2D eigenvalue weighted by atomic mass is 9.68. The van der Waals surface area contributed by atoms with Crippen LogP contribution in [0.5, 0.6) is 0 Å². The van der Waals surface area contributed by atoms with Crippen LogP contribution < -0.4 is 0 Å². The summed E-state index contributed by atoms with van der Waals surface area (Å²) in [5.74, 6) is 0.934. The van der Waals surface area contributed by atoms with Crippen molar-refractivity contribution in [1.29, 1.82) is 0 Å². The predicted octanol–water partition coefficient (Wildman–Crippen LogP) is 3.74. The Kier molecular flexibility index (Phi) is 3.52. The van der Waals surface area contributed by atoms with Crippen LogP contribution in [0.3, 0.4) is 0 Å². The van der Waals surface area contributed by atoms with Gasteiger partial charge < -0.3 is 0 Å². The van der Waals surface area contributed by atoms with Crippen LogP contribution in [0.4, 0.5) is 0 Å². The normalized spacial score (nSPS) is 29.1. The fourth-order valence-corrected chi connectivity index (χ4v) is 2.55. The minimum Gasteiger partial charge on any atom is -0.300 e. The van der Waals surface area contributed by atoms with Gasteiger partial charge in [0.2, 0.25) is 0 Å². The van der Waals surface area contributed by atoms with E-state index in [2.05, 4.69) is 26.8 Å². The van der Waals surface area contributed by atoms with E-state index in [0.29, 0.717) is 17.8 Å². The van der Waals surface area contributed by atoms with Crippen LogP contribution in [0, 0.1) is 11.3 Å². The van der Waals surface area contributed by atoms with E-state index in [-0.39, 0.29) is 5.78 Å². The van der Waals surface area contributed by atoms with Crippen LogP contribution in [-0.4, -0.2) is 5.78 Å². The molecule has 1 unspecified atom stereocenters. The third kappa shape index (κ3) is 2.70. The van der Waals surface area contributed by atoms with Gasteiger partial charge in [0, 0.05) is 6.42 Å². The van der Waals surface area contributed by atoms with Crippen LogP contribution in [0.2, 0.25) is 0 Å². The number of ketones is 1. The molecule has 1 fully saturated rings. The number of Topliss-reactive ketones (excluding diaryl/α,β-unsaturated/α-hetero) is 1. The van der Waals surface area contributed by atoms with Gasteiger partial charge in [0.15, 0.2) is 0 Å². The van der Waals surface area contributed by atoms with Crippen LogP contribution in [-0.2, 0) is 4.79 Å². The monoisotopic (exact) mass is 194 g/mol. The zero-order valence-electron chi connectivity index (χ0n) is 9.89. The fourth-order valence-electron chi connectivity index (χ4n) is 2.55. The molecule has 0 bridgehead atoms. The highest BCUT2D eigenvalue weighted by molar-refractivity contribution is 5.77. The molecule has 80 valence electrons. The summed E-state index contributed by atoms with van der Waals surface area (Å²) in [7, 11) is 0. The standard InChI is InChI=1S/C13H22O/c1-10-6-5-9-13(3,4)12(10)8-7-11(2)14/h8,10H,5-7,9H2,1-4H3. The van der Waals surface area contributed by atoms with Crippen LogP contribution in [0.25, 0.3) is 0 Å². The molecule has 0 radical (unpaired) electrons. The number of rotatable bonds is 2. The molecule has 1 aliphatic carbocycles. The number of carbonyl (C=O) groups is 1. The summed E-state index contributed by atoms with van der Waals surface area (Å²) >= 11 is 0. The van der Waals surface area contributed by atoms with E-state index in [4.69, 9.17) is 0 Å². The minimum atomic E-state index is 0.270. The highest BCUT2D eigenvalue weighted by Gasteiger charge is 2.30. The molecule has 1 heteroatoms. The molecular weight excluding hydrogens is 172 g/mol. The Morgan fingerprint density at radius 1 is 1.57 bits per heavy atom. The Morgan fingerprint density at radius 3 is 2.71 bits per heavy atom. The quantitative estimate of drug-likeness (QED) is 0.612. The first-order chi connectivity index (χ1) is 6.43. The summed E-state index contributed by atoms with van der Waals surface area (Å²) < 4.78 is 0. The van der Waals surface area contributed by atoms with Gasteiger partial charge in [-0.05, 0) is 31.1 Å². The van der Waals surface area contributed by atoms with Gasteiger partial charge in [0.25, 0.3) is 0 Å². The van der Waals surface area contributed by atoms with E-state index in [0.717, 1.165) is 0 Å². The van der Waals surface area contributed by atoms with Crippen LogP contribution in [0.1, 0.15) is 53.4 Å². The number of hydrogen-bond acceptors (Lipinski definition) is 1. The van der Waals surface area contributed by atoms with Gasteiger partial charge in [0.05, 0.1) is 0 Å². The summed E-state index contributed by atoms with van der Waals surface area (Å²) in [5, 5.41) is 0. The Hall–Kier alpha value is -0.590. The minimum absolute atomic E-state index is 0.270. The van der Waals surface area contributed by atoms with E-state index < -0.39 is 0 Å². The summed E-state index contributed by atoms with van der Waals surface area (Å²) in [6.07, 6.45) is 6.66. The van der Waals surface area contributed by atoms with Crippen molar-refractivity contribution in [2.24, 2.45) is 11.3 Å². The molecule has 1 atom stereocenters. The Balaban J connectivity index is 2.79. The molecule has 0 heterocycles. The van der Waals surface area contributed by atoms with Gasteiger partial charge in [-0.3, -0.25) is 4.79 Å². The molecule has 0 aromatic rings. The van der Waals surface area contributed by atoms with Crippen LogP contribution in [0.15, 0.2) is 11.6 Å². The second-order valence-electron chi connectivity index (χ2n) is 5.24.